The third-order valence-electron chi connectivity index (χ3n) is 8.71. The van der Waals surface area contributed by atoms with Gasteiger partial charge in [-0.15, -0.1) is 0 Å². The monoisotopic (exact) mass is 437 g/mol. The van der Waals surface area contributed by atoms with Gasteiger partial charge in [-0.05, 0) is 54.8 Å². The number of piperidine rings is 1. The molecule has 166 valence electrons. The van der Waals surface area contributed by atoms with Crippen LogP contribution in [0.15, 0.2) is 78.9 Å². The molecule has 1 saturated heterocycles. The fourth-order valence-electron chi connectivity index (χ4n) is 7.28. The standard InChI is InChI=1S/C29H27NO3/c1-30-15-14-28-22-17-21(18-8-4-2-5-9-18)29(32,20-10-6-3-7-11-20)27(28)33-26-24(31)13-12-19(25(26)28)16-23(22)30/h2-13,17,22-23,27,31-32H,14-16H2,1H3/t22-,23+,27+,28-,29-/m0/s1. The number of aliphatic hydroxyl groups is 1. The van der Waals surface area contributed by atoms with Crippen LogP contribution in [0.4, 0.5) is 0 Å². The lowest BCUT2D eigenvalue weighted by Crippen LogP contribution is -2.67. The van der Waals surface area contributed by atoms with Crippen molar-refractivity contribution in [2.45, 2.75) is 36.0 Å². The molecule has 0 aromatic heterocycles. The minimum absolute atomic E-state index is 0.172. The first-order valence-electron chi connectivity index (χ1n) is 11.8. The third kappa shape index (κ3) is 2.28. The zero-order valence-corrected chi connectivity index (χ0v) is 18.6. The number of likely N-dealkylation sites (N-methyl/N-ethyl adjacent to an activating group) is 1. The average molecular weight is 438 g/mol. The van der Waals surface area contributed by atoms with Crippen molar-refractivity contribution in [2.24, 2.45) is 5.92 Å². The minimum atomic E-state index is -1.35. The van der Waals surface area contributed by atoms with Crippen molar-refractivity contribution in [2.75, 3.05) is 13.6 Å². The number of benzene rings is 3. The van der Waals surface area contributed by atoms with Crippen LogP contribution in [0.5, 0.6) is 11.5 Å². The molecule has 5 atom stereocenters. The van der Waals surface area contributed by atoms with E-state index in [2.05, 4.69) is 36.2 Å². The number of hydrogen-bond donors (Lipinski definition) is 2. The molecule has 2 bridgehead atoms. The molecule has 7 rings (SSSR count). The molecule has 3 aromatic rings. The molecule has 3 aromatic carbocycles. The van der Waals surface area contributed by atoms with E-state index in [4.69, 9.17) is 4.74 Å². The molecule has 0 amide bonds. The Morgan fingerprint density at radius 3 is 2.45 bits per heavy atom. The molecule has 2 aliphatic carbocycles. The second-order valence-corrected chi connectivity index (χ2v) is 10.1. The Morgan fingerprint density at radius 1 is 0.970 bits per heavy atom. The van der Waals surface area contributed by atoms with Crippen LogP contribution in [-0.2, 0) is 17.4 Å². The predicted octanol–water partition coefficient (Wildman–Crippen LogP) is 4.25. The first-order valence-corrected chi connectivity index (χ1v) is 11.8. The van der Waals surface area contributed by atoms with E-state index < -0.39 is 11.7 Å². The Kier molecular flexibility index (Phi) is 3.82. The molecule has 0 radical (unpaired) electrons. The Balaban J connectivity index is 1.58. The van der Waals surface area contributed by atoms with Gasteiger partial charge in [-0.3, -0.25) is 0 Å². The summed E-state index contributed by atoms with van der Waals surface area (Å²) in [4.78, 5) is 2.47. The first-order chi connectivity index (χ1) is 16.0. The first kappa shape index (κ1) is 19.4. The summed E-state index contributed by atoms with van der Waals surface area (Å²) in [6.45, 7) is 0.939. The van der Waals surface area contributed by atoms with Crippen molar-refractivity contribution in [3.63, 3.8) is 0 Å². The van der Waals surface area contributed by atoms with Crippen LogP contribution in [0.1, 0.15) is 28.7 Å². The number of phenolic OH excluding ortho intramolecular Hbond substituents is 1. The second kappa shape index (κ2) is 6.49. The number of nitrogens with zero attached hydrogens (tertiary/aromatic N) is 1. The number of likely N-dealkylation sites (tertiary alicyclic amines) is 1. The number of ether oxygens (including phenoxy) is 1. The molecule has 4 nitrogen and oxygen atoms in total. The number of rotatable bonds is 2. The molecule has 4 heteroatoms. The lowest BCUT2D eigenvalue weighted by atomic mass is 9.49. The third-order valence-corrected chi connectivity index (χ3v) is 8.71. The Morgan fingerprint density at radius 2 is 1.70 bits per heavy atom. The van der Waals surface area contributed by atoms with E-state index >= 15 is 0 Å². The van der Waals surface area contributed by atoms with Gasteiger partial charge in [0.1, 0.15) is 6.10 Å². The molecule has 1 fully saturated rings. The van der Waals surface area contributed by atoms with Crippen LogP contribution in [0.25, 0.3) is 5.57 Å². The van der Waals surface area contributed by atoms with Crippen LogP contribution in [0, 0.1) is 5.92 Å². The molecule has 2 N–H and O–H groups in total. The maximum absolute atomic E-state index is 12.8. The van der Waals surface area contributed by atoms with Crippen LogP contribution < -0.4 is 4.74 Å². The van der Waals surface area contributed by atoms with E-state index in [1.54, 1.807) is 6.07 Å². The normalized spacial score (nSPS) is 33.8. The van der Waals surface area contributed by atoms with Gasteiger partial charge in [0.05, 0.1) is 0 Å². The maximum Gasteiger partial charge on any atom is 0.165 e. The summed E-state index contributed by atoms with van der Waals surface area (Å²) in [6, 6.07) is 24.3. The van der Waals surface area contributed by atoms with Crippen molar-refractivity contribution >= 4 is 5.57 Å². The number of hydrogen-bond acceptors (Lipinski definition) is 4. The smallest absolute Gasteiger partial charge is 0.165 e. The largest absolute Gasteiger partial charge is 0.504 e. The summed E-state index contributed by atoms with van der Waals surface area (Å²) >= 11 is 0. The highest BCUT2D eigenvalue weighted by Gasteiger charge is 2.69. The SMILES string of the molecule is CN1CC[C@]23c4c5ccc(O)c4O[C@H]2[C@](O)(c2ccccc2)C(c2ccccc2)=C[C@H]3[C@H]1C5. The predicted molar refractivity (Wildman–Crippen MR) is 127 cm³/mol. The van der Waals surface area contributed by atoms with E-state index in [0.717, 1.165) is 41.6 Å². The molecule has 0 saturated carbocycles. The highest BCUT2D eigenvalue weighted by molar-refractivity contribution is 5.79. The van der Waals surface area contributed by atoms with Gasteiger partial charge in [0.15, 0.2) is 17.1 Å². The fourth-order valence-corrected chi connectivity index (χ4v) is 7.28. The maximum atomic E-state index is 12.8. The molecular weight excluding hydrogens is 410 g/mol. The molecule has 0 unspecified atom stereocenters. The van der Waals surface area contributed by atoms with Crippen molar-refractivity contribution in [1.82, 2.24) is 4.90 Å². The van der Waals surface area contributed by atoms with Gasteiger partial charge < -0.3 is 19.8 Å². The van der Waals surface area contributed by atoms with Gasteiger partial charge in [0, 0.05) is 22.9 Å². The highest BCUT2D eigenvalue weighted by Crippen LogP contribution is 2.67. The van der Waals surface area contributed by atoms with Gasteiger partial charge in [-0.1, -0.05) is 72.8 Å². The van der Waals surface area contributed by atoms with Crippen molar-refractivity contribution in [3.05, 3.63) is 101 Å². The van der Waals surface area contributed by atoms with Gasteiger partial charge in [0.25, 0.3) is 0 Å². The lowest BCUT2D eigenvalue weighted by Gasteiger charge is -2.59. The van der Waals surface area contributed by atoms with Crippen molar-refractivity contribution < 1.29 is 14.9 Å². The van der Waals surface area contributed by atoms with Gasteiger partial charge >= 0.3 is 0 Å². The molecule has 2 aliphatic heterocycles. The number of aromatic hydroxyl groups is 1. The molecule has 1 spiro atoms. The van der Waals surface area contributed by atoms with E-state index in [1.165, 1.54) is 5.56 Å². The van der Waals surface area contributed by atoms with Crippen LogP contribution in [0.2, 0.25) is 0 Å². The Bertz CT molecular complexity index is 1290. The second-order valence-electron chi connectivity index (χ2n) is 10.1. The Hall–Kier alpha value is -3.08. The van der Waals surface area contributed by atoms with E-state index in [1.807, 2.05) is 48.5 Å². The van der Waals surface area contributed by atoms with Gasteiger partial charge in [0.2, 0.25) is 0 Å². The van der Waals surface area contributed by atoms with Gasteiger partial charge in [-0.25, -0.2) is 0 Å². The van der Waals surface area contributed by atoms with Gasteiger partial charge in [-0.2, -0.15) is 0 Å². The van der Waals surface area contributed by atoms with Crippen LogP contribution >= 0.6 is 0 Å². The highest BCUT2D eigenvalue weighted by atomic mass is 16.5. The van der Waals surface area contributed by atoms with E-state index in [9.17, 15) is 10.2 Å². The van der Waals surface area contributed by atoms with Crippen LogP contribution in [0.3, 0.4) is 0 Å². The molecule has 33 heavy (non-hydrogen) atoms. The van der Waals surface area contributed by atoms with Crippen molar-refractivity contribution in [1.29, 1.82) is 0 Å². The van der Waals surface area contributed by atoms with E-state index in [-0.39, 0.29) is 17.1 Å². The zero-order valence-electron chi connectivity index (χ0n) is 18.6. The molecular formula is C29H27NO3. The molecule has 2 heterocycles. The summed E-state index contributed by atoms with van der Waals surface area (Å²) in [6.07, 6.45) is 3.62. The van der Waals surface area contributed by atoms with E-state index in [0.29, 0.717) is 11.8 Å². The summed E-state index contributed by atoms with van der Waals surface area (Å²) in [5, 5.41) is 23.7. The molecule has 4 aliphatic rings. The topological polar surface area (TPSA) is 52.9 Å². The summed E-state index contributed by atoms with van der Waals surface area (Å²) in [5.41, 5.74) is 3.38. The minimum Gasteiger partial charge on any atom is -0.504 e. The number of phenols is 1. The quantitative estimate of drug-likeness (QED) is 0.629. The summed E-state index contributed by atoms with van der Waals surface area (Å²) in [7, 11) is 2.21. The summed E-state index contributed by atoms with van der Waals surface area (Å²) in [5.74, 6) is 0.934. The van der Waals surface area contributed by atoms with Crippen LogP contribution in [-0.4, -0.2) is 40.9 Å². The Labute approximate surface area is 193 Å². The van der Waals surface area contributed by atoms with Crippen molar-refractivity contribution in [3.8, 4) is 11.5 Å². The fraction of sp³-hybridized carbons (Fsp3) is 0.310. The summed E-state index contributed by atoms with van der Waals surface area (Å²) < 4.78 is 6.71. The average Bonchev–Trinajstić information content (AvgIpc) is 3.21. The lowest BCUT2D eigenvalue weighted by molar-refractivity contribution is -0.0950. The zero-order chi connectivity index (χ0) is 22.4.